The van der Waals surface area contributed by atoms with Crippen molar-refractivity contribution in [3.8, 4) is 0 Å². The Morgan fingerprint density at radius 1 is 1.12 bits per heavy atom. The van der Waals surface area contributed by atoms with Gasteiger partial charge in [0.05, 0.1) is 12.2 Å². The molecular formula is C14H18O3. The summed E-state index contributed by atoms with van der Waals surface area (Å²) < 4.78 is 4.99. The van der Waals surface area contributed by atoms with E-state index in [-0.39, 0.29) is 11.8 Å². The Kier molecular flexibility index (Phi) is 4.88. The van der Waals surface area contributed by atoms with Crippen LogP contribution in [0.25, 0.3) is 0 Å². The lowest BCUT2D eigenvalue weighted by atomic mass is 9.95. The van der Waals surface area contributed by atoms with Crippen molar-refractivity contribution in [3.05, 3.63) is 34.9 Å². The van der Waals surface area contributed by atoms with Crippen molar-refractivity contribution in [2.45, 2.75) is 33.6 Å². The molecule has 0 amide bonds. The minimum atomic E-state index is -0.352. The molecule has 0 heterocycles. The average molecular weight is 234 g/mol. The molecule has 0 aromatic heterocycles. The number of ketones is 1. The van der Waals surface area contributed by atoms with Crippen molar-refractivity contribution < 1.29 is 14.3 Å². The largest absolute Gasteiger partial charge is 0.462 e. The van der Waals surface area contributed by atoms with Crippen LogP contribution in [0, 0.1) is 0 Å². The van der Waals surface area contributed by atoms with Gasteiger partial charge < -0.3 is 4.74 Å². The van der Waals surface area contributed by atoms with Gasteiger partial charge in [0.2, 0.25) is 0 Å². The normalized spacial score (nSPS) is 10.1. The fourth-order valence-electron chi connectivity index (χ4n) is 1.82. The van der Waals surface area contributed by atoms with Gasteiger partial charge in [-0.1, -0.05) is 26.0 Å². The zero-order chi connectivity index (χ0) is 12.8. The highest BCUT2D eigenvalue weighted by molar-refractivity contribution is 6.01. The van der Waals surface area contributed by atoms with Crippen LogP contribution in [0.2, 0.25) is 0 Å². The molecule has 0 atom stereocenters. The highest BCUT2D eigenvalue weighted by Crippen LogP contribution is 2.18. The second-order valence-electron chi connectivity index (χ2n) is 3.68. The molecule has 0 unspecified atom stereocenters. The van der Waals surface area contributed by atoms with Gasteiger partial charge in [-0.15, -0.1) is 0 Å². The van der Waals surface area contributed by atoms with Gasteiger partial charge in [-0.2, -0.15) is 0 Å². The summed E-state index contributed by atoms with van der Waals surface area (Å²) in [6.07, 6.45) is 1.09. The van der Waals surface area contributed by atoms with Gasteiger partial charge in [-0.3, -0.25) is 4.79 Å². The molecule has 0 fully saturated rings. The van der Waals surface area contributed by atoms with Crippen LogP contribution in [0.4, 0.5) is 0 Å². The van der Waals surface area contributed by atoms with E-state index in [2.05, 4.69) is 0 Å². The molecule has 3 nitrogen and oxygen atoms in total. The molecule has 17 heavy (non-hydrogen) atoms. The first-order chi connectivity index (χ1) is 8.15. The smallest absolute Gasteiger partial charge is 0.338 e. The van der Waals surface area contributed by atoms with Crippen LogP contribution >= 0.6 is 0 Å². The van der Waals surface area contributed by atoms with E-state index in [4.69, 9.17) is 4.74 Å². The van der Waals surface area contributed by atoms with Gasteiger partial charge in [0.1, 0.15) is 0 Å². The van der Waals surface area contributed by atoms with Gasteiger partial charge in [-0.25, -0.2) is 4.79 Å². The molecule has 0 radical (unpaired) electrons. The number of benzene rings is 1. The van der Waals surface area contributed by atoms with E-state index in [0.29, 0.717) is 30.6 Å². The van der Waals surface area contributed by atoms with Gasteiger partial charge >= 0.3 is 5.97 Å². The van der Waals surface area contributed by atoms with Gasteiger partial charge in [0.25, 0.3) is 0 Å². The molecule has 0 N–H and O–H groups in total. The minimum Gasteiger partial charge on any atom is -0.462 e. The van der Waals surface area contributed by atoms with E-state index in [9.17, 15) is 9.59 Å². The highest BCUT2D eigenvalue weighted by atomic mass is 16.5. The van der Waals surface area contributed by atoms with Crippen LogP contribution in [0.1, 0.15) is 53.5 Å². The average Bonchev–Trinajstić information content (AvgIpc) is 2.37. The molecule has 0 bridgehead atoms. The predicted octanol–water partition coefficient (Wildman–Crippen LogP) is 3.02. The van der Waals surface area contributed by atoms with Gasteiger partial charge in [-0.05, 0) is 25.0 Å². The minimum absolute atomic E-state index is 0.0630. The van der Waals surface area contributed by atoms with Crippen LogP contribution in [0.5, 0.6) is 0 Å². The van der Waals surface area contributed by atoms with Gasteiger partial charge in [0, 0.05) is 12.0 Å². The Morgan fingerprint density at radius 3 is 2.29 bits per heavy atom. The van der Waals surface area contributed by atoms with Crippen LogP contribution in [-0.4, -0.2) is 18.4 Å². The first kappa shape index (κ1) is 13.4. The molecule has 0 aliphatic carbocycles. The van der Waals surface area contributed by atoms with Crippen molar-refractivity contribution in [2.75, 3.05) is 6.61 Å². The summed E-state index contributed by atoms with van der Waals surface area (Å²) in [7, 11) is 0. The van der Waals surface area contributed by atoms with Crippen LogP contribution in [-0.2, 0) is 11.2 Å². The molecular weight excluding hydrogens is 216 g/mol. The summed E-state index contributed by atoms with van der Waals surface area (Å²) in [5, 5.41) is 0. The number of carbonyl (C=O) groups excluding carboxylic acids is 2. The number of hydrogen-bond donors (Lipinski definition) is 0. The monoisotopic (exact) mass is 234 g/mol. The van der Waals surface area contributed by atoms with Crippen LogP contribution in [0.3, 0.4) is 0 Å². The third-order valence-corrected chi connectivity index (χ3v) is 2.65. The number of hydrogen-bond acceptors (Lipinski definition) is 3. The second kappa shape index (κ2) is 6.18. The molecule has 0 saturated heterocycles. The van der Waals surface area contributed by atoms with Crippen LogP contribution in [0.15, 0.2) is 18.2 Å². The molecule has 1 rings (SSSR count). The Morgan fingerprint density at radius 2 is 1.76 bits per heavy atom. The van der Waals surface area contributed by atoms with E-state index in [1.807, 2.05) is 13.8 Å². The SMILES string of the molecule is CCOC(=O)c1cccc(C(=O)CC)c1CC. The lowest BCUT2D eigenvalue weighted by Gasteiger charge is -2.11. The summed E-state index contributed by atoms with van der Waals surface area (Å²) in [5.41, 5.74) is 1.94. The molecule has 1 aromatic rings. The Balaban J connectivity index is 3.23. The highest BCUT2D eigenvalue weighted by Gasteiger charge is 2.17. The molecule has 0 aliphatic rings. The van der Waals surface area contributed by atoms with Crippen molar-refractivity contribution in [1.82, 2.24) is 0 Å². The number of carbonyl (C=O) groups is 2. The molecule has 92 valence electrons. The number of esters is 1. The van der Waals surface area contributed by atoms with Crippen molar-refractivity contribution in [1.29, 1.82) is 0 Å². The van der Waals surface area contributed by atoms with E-state index in [0.717, 1.165) is 5.56 Å². The summed E-state index contributed by atoms with van der Waals surface area (Å²) in [4.78, 5) is 23.5. The maximum atomic E-state index is 11.8. The topological polar surface area (TPSA) is 43.4 Å². The summed E-state index contributed by atoms with van der Waals surface area (Å²) in [6, 6.07) is 5.21. The summed E-state index contributed by atoms with van der Waals surface area (Å²) in [5.74, 6) is -0.289. The maximum Gasteiger partial charge on any atom is 0.338 e. The first-order valence-electron chi connectivity index (χ1n) is 5.97. The van der Waals surface area contributed by atoms with E-state index in [1.54, 1.807) is 25.1 Å². The zero-order valence-electron chi connectivity index (χ0n) is 10.6. The number of Topliss-reactive ketones (excluding diaryl/α,β-unsaturated/α-hetero) is 1. The fraction of sp³-hybridized carbons (Fsp3) is 0.429. The molecule has 3 heteroatoms. The van der Waals surface area contributed by atoms with Crippen molar-refractivity contribution >= 4 is 11.8 Å². The van der Waals surface area contributed by atoms with E-state index >= 15 is 0 Å². The zero-order valence-corrected chi connectivity index (χ0v) is 10.6. The van der Waals surface area contributed by atoms with Gasteiger partial charge in [0.15, 0.2) is 5.78 Å². The standard InChI is InChI=1S/C14H18O3/c1-4-10-11(13(15)5-2)8-7-9-12(10)14(16)17-6-3/h7-9H,4-6H2,1-3H3. The summed E-state index contributed by atoms with van der Waals surface area (Å²) in [6.45, 7) is 5.86. The molecule has 0 spiro atoms. The lowest BCUT2D eigenvalue weighted by molar-refractivity contribution is 0.0525. The maximum absolute atomic E-state index is 11.8. The quantitative estimate of drug-likeness (QED) is 0.581. The number of rotatable bonds is 5. The number of ether oxygens (including phenoxy) is 1. The van der Waals surface area contributed by atoms with Crippen molar-refractivity contribution in [3.63, 3.8) is 0 Å². The predicted molar refractivity (Wildman–Crippen MR) is 66.4 cm³/mol. The first-order valence-corrected chi connectivity index (χ1v) is 5.97. The van der Waals surface area contributed by atoms with Crippen molar-refractivity contribution in [2.24, 2.45) is 0 Å². The third kappa shape index (κ3) is 2.93. The lowest BCUT2D eigenvalue weighted by Crippen LogP contribution is -2.12. The summed E-state index contributed by atoms with van der Waals surface area (Å²) >= 11 is 0. The molecule has 0 saturated carbocycles. The molecule has 1 aromatic carbocycles. The fourth-order valence-corrected chi connectivity index (χ4v) is 1.82. The third-order valence-electron chi connectivity index (χ3n) is 2.65. The van der Waals surface area contributed by atoms with E-state index < -0.39 is 0 Å². The van der Waals surface area contributed by atoms with E-state index in [1.165, 1.54) is 0 Å². The Bertz CT molecular complexity index is 421. The second-order valence-corrected chi connectivity index (χ2v) is 3.68. The van der Waals surface area contributed by atoms with Crippen LogP contribution < -0.4 is 0 Å². The molecule has 0 aliphatic heterocycles. The Labute approximate surface area is 102 Å². The Hall–Kier alpha value is -1.64.